The lowest BCUT2D eigenvalue weighted by Crippen LogP contribution is -2.40. The monoisotopic (exact) mass is 351 g/mol. The molecule has 0 aliphatic carbocycles. The molecule has 1 aromatic rings. The van der Waals surface area contributed by atoms with Crippen LogP contribution in [0.4, 0.5) is 0 Å². The summed E-state index contributed by atoms with van der Waals surface area (Å²) in [5.41, 5.74) is 1.23. The minimum atomic E-state index is -0.463. The molecule has 0 aromatic heterocycles. The molecular formula is C20H33NO4. The molecule has 2 atom stereocenters. The molecule has 0 fully saturated rings. The number of ether oxygens (including phenoxy) is 3. The summed E-state index contributed by atoms with van der Waals surface area (Å²) in [4.78, 5) is 12.1. The fraction of sp³-hybridized carbons (Fsp3) is 0.650. The summed E-state index contributed by atoms with van der Waals surface area (Å²) in [6.07, 6.45) is 1.50. The van der Waals surface area contributed by atoms with Crippen molar-refractivity contribution in [1.82, 2.24) is 5.32 Å². The van der Waals surface area contributed by atoms with E-state index in [-0.39, 0.29) is 18.1 Å². The van der Waals surface area contributed by atoms with Crippen LogP contribution in [0, 0.1) is 0 Å². The average molecular weight is 351 g/mol. The molecule has 0 saturated heterocycles. The van der Waals surface area contributed by atoms with Gasteiger partial charge in [0.25, 0.3) is 0 Å². The molecule has 142 valence electrons. The molecule has 0 bridgehead atoms. The fourth-order valence-electron chi connectivity index (χ4n) is 2.33. The van der Waals surface area contributed by atoms with Crippen LogP contribution in [0.2, 0.25) is 0 Å². The van der Waals surface area contributed by atoms with Gasteiger partial charge in [0.15, 0.2) is 0 Å². The molecule has 1 rings (SSSR count). The van der Waals surface area contributed by atoms with Gasteiger partial charge >= 0.3 is 0 Å². The maximum absolute atomic E-state index is 12.1. The van der Waals surface area contributed by atoms with Crippen molar-refractivity contribution in [2.45, 2.75) is 65.7 Å². The van der Waals surface area contributed by atoms with Crippen molar-refractivity contribution in [3.05, 3.63) is 29.8 Å². The summed E-state index contributed by atoms with van der Waals surface area (Å²) in [6.45, 7) is 11.3. The van der Waals surface area contributed by atoms with Gasteiger partial charge in [0.1, 0.15) is 11.9 Å². The number of benzene rings is 1. The van der Waals surface area contributed by atoms with E-state index in [9.17, 15) is 4.79 Å². The van der Waals surface area contributed by atoms with Gasteiger partial charge < -0.3 is 19.5 Å². The van der Waals surface area contributed by atoms with Crippen LogP contribution in [0.1, 0.15) is 46.6 Å². The molecule has 1 N–H and O–H groups in total. The Labute approximate surface area is 152 Å². The van der Waals surface area contributed by atoms with Crippen molar-refractivity contribution in [3.63, 3.8) is 0 Å². The van der Waals surface area contributed by atoms with Crippen LogP contribution in [-0.4, -0.2) is 44.0 Å². The van der Waals surface area contributed by atoms with Crippen LogP contribution >= 0.6 is 0 Å². The van der Waals surface area contributed by atoms with Gasteiger partial charge in [-0.2, -0.15) is 0 Å². The summed E-state index contributed by atoms with van der Waals surface area (Å²) >= 11 is 0. The first-order chi connectivity index (χ1) is 11.9. The number of hydrogen-bond acceptors (Lipinski definition) is 4. The minimum Gasteiger partial charge on any atom is -0.491 e. The van der Waals surface area contributed by atoms with E-state index in [0.717, 1.165) is 18.6 Å². The molecule has 0 aliphatic rings. The van der Waals surface area contributed by atoms with Crippen molar-refractivity contribution in [3.8, 4) is 5.75 Å². The van der Waals surface area contributed by atoms with Crippen molar-refractivity contribution < 1.29 is 19.0 Å². The molecule has 0 heterocycles. The van der Waals surface area contributed by atoms with Crippen LogP contribution in [0.15, 0.2) is 24.3 Å². The Morgan fingerprint density at radius 1 is 1.08 bits per heavy atom. The van der Waals surface area contributed by atoms with Gasteiger partial charge in [-0.3, -0.25) is 4.79 Å². The molecule has 5 nitrogen and oxygen atoms in total. The second kappa shape index (κ2) is 11.9. The van der Waals surface area contributed by atoms with E-state index in [2.05, 4.69) is 17.4 Å². The first-order valence-electron chi connectivity index (χ1n) is 9.17. The minimum absolute atomic E-state index is 0.0790. The molecule has 1 aromatic carbocycles. The summed E-state index contributed by atoms with van der Waals surface area (Å²) in [6, 6.07) is 8.23. The second-order valence-electron chi connectivity index (χ2n) is 6.47. The third-order valence-corrected chi connectivity index (χ3v) is 3.72. The van der Waals surface area contributed by atoms with Gasteiger partial charge in [0.2, 0.25) is 5.91 Å². The standard InChI is InChI=1S/C20H33NO4/c1-6-23-13-14-24-17(5)20(22)21-16(4)7-8-18-9-11-19(12-10-18)25-15(2)3/h9-12,15-17H,6-8,13-14H2,1-5H3,(H,21,22). The number of carbonyl (C=O) groups is 1. The Hall–Kier alpha value is -1.59. The number of amides is 1. The number of aryl methyl sites for hydroxylation is 1. The maximum atomic E-state index is 12.1. The Balaban J connectivity index is 2.29. The number of carbonyl (C=O) groups excluding carboxylic acids is 1. The number of hydrogen-bond donors (Lipinski definition) is 1. The number of rotatable bonds is 12. The smallest absolute Gasteiger partial charge is 0.249 e. The topological polar surface area (TPSA) is 56.8 Å². The second-order valence-corrected chi connectivity index (χ2v) is 6.47. The molecule has 0 saturated carbocycles. The molecule has 25 heavy (non-hydrogen) atoms. The molecule has 2 unspecified atom stereocenters. The molecule has 0 radical (unpaired) electrons. The quantitative estimate of drug-likeness (QED) is 0.587. The van der Waals surface area contributed by atoms with Crippen LogP contribution in [0.3, 0.4) is 0 Å². The van der Waals surface area contributed by atoms with Crippen molar-refractivity contribution in [2.75, 3.05) is 19.8 Å². The average Bonchev–Trinajstić information content (AvgIpc) is 2.57. The highest BCUT2D eigenvalue weighted by molar-refractivity contribution is 5.80. The third-order valence-electron chi connectivity index (χ3n) is 3.72. The zero-order valence-corrected chi connectivity index (χ0v) is 16.2. The lowest BCUT2D eigenvalue weighted by atomic mass is 10.1. The van der Waals surface area contributed by atoms with E-state index < -0.39 is 6.10 Å². The van der Waals surface area contributed by atoms with E-state index >= 15 is 0 Å². The highest BCUT2D eigenvalue weighted by Gasteiger charge is 2.15. The Kier molecular flexibility index (Phi) is 10.2. The van der Waals surface area contributed by atoms with E-state index in [1.807, 2.05) is 39.8 Å². The highest BCUT2D eigenvalue weighted by atomic mass is 16.5. The summed E-state index contributed by atoms with van der Waals surface area (Å²) in [5.74, 6) is 0.808. The van der Waals surface area contributed by atoms with Crippen molar-refractivity contribution >= 4 is 5.91 Å². The van der Waals surface area contributed by atoms with Crippen molar-refractivity contribution in [1.29, 1.82) is 0 Å². The number of nitrogens with one attached hydrogen (secondary N) is 1. The van der Waals surface area contributed by atoms with Gasteiger partial charge in [-0.15, -0.1) is 0 Å². The zero-order valence-electron chi connectivity index (χ0n) is 16.2. The Morgan fingerprint density at radius 2 is 1.76 bits per heavy atom. The predicted octanol–water partition coefficient (Wildman–Crippen LogP) is 3.35. The van der Waals surface area contributed by atoms with Crippen LogP contribution in [-0.2, 0) is 20.7 Å². The Bertz CT molecular complexity index is 487. The Morgan fingerprint density at radius 3 is 2.36 bits per heavy atom. The zero-order chi connectivity index (χ0) is 18.7. The van der Waals surface area contributed by atoms with Gasteiger partial charge in [0.05, 0.1) is 19.3 Å². The predicted molar refractivity (Wildman–Crippen MR) is 100 cm³/mol. The van der Waals surface area contributed by atoms with Gasteiger partial charge in [-0.25, -0.2) is 0 Å². The lowest BCUT2D eigenvalue weighted by molar-refractivity contribution is -0.133. The molecule has 0 aliphatic heterocycles. The van der Waals surface area contributed by atoms with E-state index in [1.54, 1.807) is 6.92 Å². The SMILES string of the molecule is CCOCCOC(C)C(=O)NC(C)CCc1ccc(OC(C)C)cc1. The van der Waals surface area contributed by atoms with E-state index in [4.69, 9.17) is 14.2 Å². The van der Waals surface area contributed by atoms with Crippen LogP contribution in [0.5, 0.6) is 5.75 Å². The van der Waals surface area contributed by atoms with Crippen molar-refractivity contribution in [2.24, 2.45) is 0 Å². The first-order valence-corrected chi connectivity index (χ1v) is 9.17. The third kappa shape index (κ3) is 9.46. The van der Waals surface area contributed by atoms with Gasteiger partial charge in [-0.05, 0) is 65.2 Å². The molecule has 1 amide bonds. The molecular weight excluding hydrogens is 318 g/mol. The normalized spacial score (nSPS) is 13.5. The van der Waals surface area contributed by atoms with Gasteiger partial charge in [0, 0.05) is 12.6 Å². The summed E-state index contributed by atoms with van der Waals surface area (Å²) < 4.78 is 16.3. The lowest BCUT2D eigenvalue weighted by Gasteiger charge is -2.18. The highest BCUT2D eigenvalue weighted by Crippen LogP contribution is 2.15. The summed E-state index contributed by atoms with van der Waals surface area (Å²) in [5, 5.41) is 3.00. The first kappa shape index (κ1) is 21.5. The van der Waals surface area contributed by atoms with Crippen LogP contribution in [0.25, 0.3) is 0 Å². The molecule has 5 heteroatoms. The van der Waals surface area contributed by atoms with Crippen LogP contribution < -0.4 is 10.1 Å². The van der Waals surface area contributed by atoms with E-state index in [0.29, 0.717) is 19.8 Å². The molecule has 0 spiro atoms. The largest absolute Gasteiger partial charge is 0.491 e. The fourth-order valence-corrected chi connectivity index (χ4v) is 2.33. The maximum Gasteiger partial charge on any atom is 0.249 e. The van der Waals surface area contributed by atoms with E-state index in [1.165, 1.54) is 5.56 Å². The summed E-state index contributed by atoms with van der Waals surface area (Å²) in [7, 11) is 0. The van der Waals surface area contributed by atoms with Gasteiger partial charge in [-0.1, -0.05) is 12.1 Å².